The number of nitrogens with one attached hydrogen (secondary N) is 3. The highest BCUT2D eigenvalue weighted by molar-refractivity contribution is 6.19. The first-order chi connectivity index (χ1) is 18.7. The van der Waals surface area contributed by atoms with Crippen molar-refractivity contribution >= 4 is 29.7 Å². The summed E-state index contributed by atoms with van der Waals surface area (Å²) in [6.45, 7) is 18.1. The van der Waals surface area contributed by atoms with Gasteiger partial charge in [-0.3, -0.25) is 4.79 Å². The van der Waals surface area contributed by atoms with Gasteiger partial charge in [-0.05, 0) is 74.6 Å². The van der Waals surface area contributed by atoms with Crippen LogP contribution in [0.2, 0.25) is 0 Å². The summed E-state index contributed by atoms with van der Waals surface area (Å²) < 4.78 is 0. The molecule has 1 amide bonds. The van der Waals surface area contributed by atoms with Crippen molar-refractivity contribution in [1.29, 1.82) is 5.41 Å². The van der Waals surface area contributed by atoms with Gasteiger partial charge in [-0.1, -0.05) is 71.6 Å². The second-order valence-corrected chi connectivity index (χ2v) is 11.0. The van der Waals surface area contributed by atoms with Crippen LogP contribution in [0.4, 0.5) is 11.4 Å². The van der Waals surface area contributed by atoms with Crippen molar-refractivity contribution in [1.82, 2.24) is 5.32 Å². The Morgan fingerprint density at radius 3 is 2.56 bits per heavy atom. The van der Waals surface area contributed by atoms with E-state index in [0.717, 1.165) is 54.7 Å². The van der Waals surface area contributed by atoms with E-state index in [1.165, 1.54) is 25.5 Å². The van der Waals surface area contributed by atoms with Crippen LogP contribution in [0.15, 0.2) is 64.6 Å². The molecule has 0 heterocycles. The van der Waals surface area contributed by atoms with E-state index in [1.807, 2.05) is 49.2 Å². The molecule has 6 nitrogen and oxygen atoms in total. The zero-order valence-electron chi connectivity index (χ0n) is 25.1. The molecule has 0 aromatic heterocycles. The zero-order chi connectivity index (χ0) is 28.8. The average molecular weight is 534 g/mol. The van der Waals surface area contributed by atoms with Gasteiger partial charge < -0.3 is 20.9 Å². The molecule has 2 atom stereocenters. The molecule has 3 N–H and O–H groups in total. The first kappa shape index (κ1) is 32.1. The van der Waals surface area contributed by atoms with Gasteiger partial charge >= 0.3 is 0 Å². The molecule has 2 rings (SSSR count). The standard InChI is InChI=1S/C33H51N5O/c1-8-24(4)17-18-38(33(39)32(26(6)25(5)9-2)23-36-27(7)35-10-3)31-16-12-15-30(20-31)37-22-29(21-34)19-28-13-11-14-28/h12,15-16,20-25,28,34-35,37H,7-11,13-14,17-19H2,1-6H3/b29-22-,32-26+,34-21?,36-23-. The molecule has 214 valence electrons. The van der Waals surface area contributed by atoms with Crippen LogP contribution in [0.1, 0.15) is 86.5 Å². The molecular formula is C33H51N5O. The lowest BCUT2D eigenvalue weighted by Gasteiger charge is -2.27. The minimum atomic E-state index is -0.0398. The Morgan fingerprint density at radius 2 is 1.97 bits per heavy atom. The van der Waals surface area contributed by atoms with Gasteiger partial charge in [0.1, 0.15) is 5.82 Å². The highest BCUT2D eigenvalue weighted by Crippen LogP contribution is 2.32. The Labute approximate surface area is 237 Å². The number of amides is 1. The fourth-order valence-electron chi connectivity index (χ4n) is 4.47. The molecule has 0 radical (unpaired) electrons. The monoisotopic (exact) mass is 533 g/mol. The third-order valence-corrected chi connectivity index (χ3v) is 8.04. The van der Waals surface area contributed by atoms with Crippen LogP contribution in [0.25, 0.3) is 0 Å². The molecule has 2 unspecified atom stereocenters. The fraction of sp³-hybridized carbons (Fsp3) is 0.545. The number of rotatable bonds is 17. The highest BCUT2D eigenvalue weighted by atomic mass is 16.2. The SMILES string of the molecule is C=C(/N=C\C(C(=O)N(CCC(C)CC)c1cccc(N/C=C(\C=N)CC2CCC2)c1)=C(\C)C(C)CC)NCC. The summed E-state index contributed by atoms with van der Waals surface area (Å²) in [6, 6.07) is 8.02. The van der Waals surface area contributed by atoms with Gasteiger partial charge in [0.05, 0.1) is 5.57 Å². The van der Waals surface area contributed by atoms with E-state index in [9.17, 15) is 4.79 Å². The third-order valence-electron chi connectivity index (χ3n) is 8.04. The summed E-state index contributed by atoms with van der Waals surface area (Å²) in [5.41, 5.74) is 4.41. The van der Waals surface area contributed by atoms with Crippen molar-refractivity contribution in [2.75, 3.05) is 23.3 Å². The van der Waals surface area contributed by atoms with E-state index in [-0.39, 0.29) is 11.8 Å². The summed E-state index contributed by atoms with van der Waals surface area (Å²) in [5, 5.41) is 14.3. The Morgan fingerprint density at radius 1 is 1.23 bits per heavy atom. The maximum atomic E-state index is 14.2. The summed E-state index contributed by atoms with van der Waals surface area (Å²) >= 11 is 0. The maximum absolute atomic E-state index is 14.2. The number of aliphatic imine (C=N–C) groups is 1. The van der Waals surface area contributed by atoms with Gasteiger partial charge in [-0.25, -0.2) is 4.99 Å². The van der Waals surface area contributed by atoms with E-state index in [4.69, 9.17) is 5.41 Å². The molecule has 1 fully saturated rings. The Balaban J connectivity index is 2.42. The minimum Gasteiger partial charge on any atom is -0.371 e. The lowest BCUT2D eigenvalue weighted by Crippen LogP contribution is -2.35. The topological polar surface area (TPSA) is 80.6 Å². The number of benzene rings is 1. The first-order valence-corrected chi connectivity index (χ1v) is 14.8. The van der Waals surface area contributed by atoms with E-state index in [0.29, 0.717) is 29.8 Å². The second-order valence-electron chi connectivity index (χ2n) is 11.0. The van der Waals surface area contributed by atoms with Gasteiger partial charge in [0.15, 0.2) is 0 Å². The molecular weight excluding hydrogens is 482 g/mol. The van der Waals surface area contributed by atoms with E-state index in [2.05, 4.69) is 49.9 Å². The second kappa shape index (κ2) is 16.7. The smallest absolute Gasteiger partial charge is 0.259 e. The first-order valence-electron chi connectivity index (χ1n) is 14.8. The Kier molecular flexibility index (Phi) is 13.8. The number of carbonyl (C=O) groups is 1. The number of carbonyl (C=O) groups excluding carboxylic acids is 1. The van der Waals surface area contributed by atoms with E-state index < -0.39 is 0 Å². The molecule has 6 heteroatoms. The van der Waals surface area contributed by atoms with Crippen molar-refractivity contribution in [2.24, 2.45) is 22.7 Å². The van der Waals surface area contributed by atoms with Crippen LogP contribution in [-0.2, 0) is 4.79 Å². The van der Waals surface area contributed by atoms with Gasteiger partial charge in [0.2, 0.25) is 0 Å². The Hall–Kier alpha value is -3.15. The number of nitrogens with zero attached hydrogens (tertiary/aromatic N) is 2. The zero-order valence-corrected chi connectivity index (χ0v) is 25.1. The minimum absolute atomic E-state index is 0.0398. The summed E-state index contributed by atoms with van der Waals surface area (Å²) in [7, 11) is 0. The van der Waals surface area contributed by atoms with Crippen LogP contribution in [0.3, 0.4) is 0 Å². The van der Waals surface area contributed by atoms with E-state index >= 15 is 0 Å². The fourth-order valence-corrected chi connectivity index (χ4v) is 4.47. The summed E-state index contributed by atoms with van der Waals surface area (Å²) in [5.74, 6) is 1.97. The predicted molar refractivity (Wildman–Crippen MR) is 169 cm³/mol. The largest absolute Gasteiger partial charge is 0.371 e. The molecule has 0 saturated heterocycles. The number of hydrogen-bond acceptors (Lipinski definition) is 5. The lowest BCUT2D eigenvalue weighted by molar-refractivity contribution is -0.114. The van der Waals surface area contributed by atoms with Crippen LogP contribution < -0.4 is 15.5 Å². The number of anilines is 2. The van der Waals surface area contributed by atoms with Gasteiger partial charge in [-0.15, -0.1) is 0 Å². The number of hydrogen-bond donors (Lipinski definition) is 3. The van der Waals surface area contributed by atoms with Crippen molar-refractivity contribution in [3.63, 3.8) is 0 Å². The molecule has 0 aliphatic heterocycles. The number of allylic oxidation sites excluding steroid dienone is 2. The van der Waals surface area contributed by atoms with Crippen LogP contribution in [0, 0.1) is 23.2 Å². The van der Waals surface area contributed by atoms with Crippen LogP contribution >= 0.6 is 0 Å². The normalized spacial score (nSPS) is 16.2. The maximum Gasteiger partial charge on any atom is 0.259 e. The summed E-state index contributed by atoms with van der Waals surface area (Å²) in [6.07, 6.45) is 12.8. The quantitative estimate of drug-likeness (QED) is 0.140. The molecule has 1 aliphatic rings. The molecule has 39 heavy (non-hydrogen) atoms. The van der Waals surface area contributed by atoms with Crippen molar-refractivity contribution < 1.29 is 4.79 Å². The lowest BCUT2D eigenvalue weighted by atomic mass is 9.81. The summed E-state index contributed by atoms with van der Waals surface area (Å²) in [4.78, 5) is 20.6. The third kappa shape index (κ3) is 10.2. The molecule has 0 spiro atoms. The molecule has 1 aromatic carbocycles. The van der Waals surface area contributed by atoms with Crippen molar-refractivity contribution in [3.8, 4) is 0 Å². The highest BCUT2D eigenvalue weighted by Gasteiger charge is 2.23. The van der Waals surface area contributed by atoms with Crippen LogP contribution in [-0.4, -0.2) is 31.4 Å². The molecule has 0 bridgehead atoms. The van der Waals surface area contributed by atoms with Crippen LogP contribution in [0.5, 0.6) is 0 Å². The van der Waals surface area contributed by atoms with Gasteiger partial charge in [0.25, 0.3) is 5.91 Å². The average Bonchev–Trinajstić information content (AvgIpc) is 2.92. The molecule has 1 saturated carbocycles. The van der Waals surface area contributed by atoms with Crippen molar-refractivity contribution in [2.45, 2.75) is 86.5 Å². The van der Waals surface area contributed by atoms with Crippen molar-refractivity contribution in [3.05, 3.63) is 59.6 Å². The van der Waals surface area contributed by atoms with E-state index in [1.54, 1.807) is 6.21 Å². The predicted octanol–water partition coefficient (Wildman–Crippen LogP) is 8.11. The molecule has 1 aliphatic carbocycles. The van der Waals surface area contributed by atoms with Gasteiger partial charge in [0, 0.05) is 43.1 Å². The van der Waals surface area contributed by atoms with Gasteiger partial charge in [-0.2, -0.15) is 0 Å². The molecule has 1 aromatic rings. The Bertz CT molecular complexity index is 1050.